The highest BCUT2D eigenvalue weighted by atomic mass is 16.1. The maximum Gasteiger partial charge on any atom is 0.136 e. The Morgan fingerprint density at radius 2 is 1.60 bits per heavy atom. The maximum atomic E-state index is 12.9. The van der Waals surface area contributed by atoms with Crippen LogP contribution in [-0.2, 0) is 4.79 Å². The molecule has 4 bridgehead atoms. The molecule has 0 N–H and O–H groups in total. The monoisotopic (exact) mass is 274 g/mol. The largest absolute Gasteiger partial charge is 0.299 e. The Bertz CT molecular complexity index is 417. The van der Waals surface area contributed by atoms with Crippen molar-refractivity contribution in [3.8, 4) is 0 Å². The Morgan fingerprint density at radius 3 is 2.05 bits per heavy atom. The lowest BCUT2D eigenvalue weighted by atomic mass is 9.65. The van der Waals surface area contributed by atoms with Gasteiger partial charge in [0.15, 0.2) is 0 Å². The van der Waals surface area contributed by atoms with Crippen LogP contribution in [0.5, 0.6) is 0 Å². The molecular weight excluding hydrogens is 244 g/mol. The Hall–Kier alpha value is -0.330. The van der Waals surface area contributed by atoms with Crippen LogP contribution >= 0.6 is 0 Å². The fourth-order valence-corrected chi connectivity index (χ4v) is 6.83. The highest BCUT2D eigenvalue weighted by molar-refractivity contribution is 5.82. The lowest BCUT2D eigenvalue weighted by Gasteiger charge is -2.39. The normalized spacial score (nSPS) is 51.9. The lowest BCUT2D eigenvalue weighted by Crippen LogP contribution is -2.34. The molecule has 4 saturated carbocycles. The van der Waals surface area contributed by atoms with Crippen molar-refractivity contribution in [1.82, 2.24) is 0 Å². The fraction of sp³-hybridized carbons (Fsp3) is 0.947. The van der Waals surface area contributed by atoms with Gasteiger partial charge >= 0.3 is 0 Å². The highest BCUT2D eigenvalue weighted by Gasteiger charge is 2.61. The van der Waals surface area contributed by atoms with E-state index in [9.17, 15) is 4.79 Å². The van der Waals surface area contributed by atoms with Gasteiger partial charge in [-0.1, -0.05) is 20.8 Å². The van der Waals surface area contributed by atoms with Crippen molar-refractivity contribution in [2.75, 3.05) is 0 Å². The molecule has 4 fully saturated rings. The van der Waals surface area contributed by atoms with E-state index in [-0.39, 0.29) is 0 Å². The highest BCUT2D eigenvalue weighted by Crippen LogP contribution is 2.69. The van der Waals surface area contributed by atoms with Gasteiger partial charge in [0.1, 0.15) is 5.78 Å². The molecule has 0 aromatic rings. The summed E-state index contributed by atoms with van der Waals surface area (Å²) >= 11 is 0. The molecule has 0 aliphatic heterocycles. The van der Waals surface area contributed by atoms with Crippen molar-refractivity contribution in [1.29, 1.82) is 0 Å². The number of hydrogen-bond acceptors (Lipinski definition) is 1. The minimum absolute atomic E-state index is 0.435. The molecule has 0 saturated heterocycles. The zero-order valence-electron chi connectivity index (χ0n) is 13.5. The Morgan fingerprint density at radius 1 is 1.00 bits per heavy atom. The van der Waals surface area contributed by atoms with E-state index in [0.717, 1.165) is 24.2 Å². The van der Waals surface area contributed by atoms with Crippen molar-refractivity contribution in [3.05, 3.63) is 0 Å². The first-order valence-corrected chi connectivity index (χ1v) is 8.96. The number of rotatable bonds is 3. The number of fused-ring (bicyclic) bond motifs is 4. The van der Waals surface area contributed by atoms with E-state index in [2.05, 4.69) is 20.8 Å². The molecule has 4 aliphatic carbocycles. The molecule has 1 heteroatoms. The van der Waals surface area contributed by atoms with Gasteiger partial charge in [-0.15, -0.1) is 0 Å². The zero-order chi connectivity index (χ0) is 14.1. The number of hydrogen-bond donors (Lipinski definition) is 0. The van der Waals surface area contributed by atoms with Crippen molar-refractivity contribution >= 4 is 5.78 Å². The summed E-state index contributed by atoms with van der Waals surface area (Å²) in [6.07, 6.45) is 10.4. The van der Waals surface area contributed by atoms with Crippen LogP contribution in [0.3, 0.4) is 0 Å². The third kappa shape index (κ3) is 1.53. The maximum absolute atomic E-state index is 12.9. The SMILES string of the molecule is CC1(C)C2CCC1(C)C(CC(=O)C1C3CCC1CC3)C2. The second-order valence-corrected chi connectivity index (χ2v) is 9.18. The van der Waals surface area contributed by atoms with E-state index in [1.165, 1.54) is 44.9 Å². The summed E-state index contributed by atoms with van der Waals surface area (Å²) in [5, 5.41) is 0. The molecule has 3 unspecified atom stereocenters. The van der Waals surface area contributed by atoms with Gasteiger partial charge in [0.2, 0.25) is 0 Å². The number of Topliss-reactive ketones (excluding diaryl/α,β-unsaturated/α-hetero) is 1. The Kier molecular flexibility index (Phi) is 2.74. The molecule has 0 heterocycles. The summed E-state index contributed by atoms with van der Waals surface area (Å²) in [5.74, 6) is 4.23. The second-order valence-electron chi connectivity index (χ2n) is 9.18. The topological polar surface area (TPSA) is 17.1 Å². The average molecular weight is 274 g/mol. The van der Waals surface area contributed by atoms with Crippen LogP contribution in [0.4, 0.5) is 0 Å². The summed E-state index contributed by atoms with van der Waals surface area (Å²) in [7, 11) is 0. The predicted octanol–water partition coefficient (Wildman–Crippen LogP) is 4.84. The van der Waals surface area contributed by atoms with Gasteiger partial charge in [0, 0.05) is 12.3 Å². The molecule has 0 amide bonds. The van der Waals surface area contributed by atoms with Crippen LogP contribution in [0, 0.1) is 40.4 Å². The smallest absolute Gasteiger partial charge is 0.136 e. The predicted molar refractivity (Wildman–Crippen MR) is 81.3 cm³/mol. The molecule has 112 valence electrons. The standard InChI is InChI=1S/C19H30O/c1-18(2)14-8-9-19(18,3)15(10-14)11-16(20)17-12-4-5-13(17)7-6-12/h12-15,17H,4-11H2,1-3H3. The quantitative estimate of drug-likeness (QED) is 0.719. The molecule has 1 nitrogen and oxygen atoms in total. The van der Waals surface area contributed by atoms with E-state index in [1.54, 1.807) is 0 Å². The van der Waals surface area contributed by atoms with Gasteiger partial charge in [-0.3, -0.25) is 4.79 Å². The van der Waals surface area contributed by atoms with E-state index in [1.807, 2.05) is 0 Å². The van der Waals surface area contributed by atoms with E-state index >= 15 is 0 Å². The first-order valence-electron chi connectivity index (χ1n) is 8.96. The van der Waals surface area contributed by atoms with Crippen LogP contribution in [0.15, 0.2) is 0 Å². The average Bonchev–Trinajstić information content (AvgIpc) is 3.09. The van der Waals surface area contributed by atoms with E-state index < -0.39 is 0 Å². The molecule has 0 spiro atoms. The molecule has 0 aromatic heterocycles. The third-order valence-corrected chi connectivity index (χ3v) is 8.63. The molecule has 4 rings (SSSR count). The van der Waals surface area contributed by atoms with Gasteiger partial charge in [0.25, 0.3) is 0 Å². The first-order chi connectivity index (χ1) is 9.43. The van der Waals surface area contributed by atoms with Crippen molar-refractivity contribution in [2.24, 2.45) is 40.4 Å². The fourth-order valence-electron chi connectivity index (χ4n) is 6.83. The molecule has 0 radical (unpaired) electrons. The molecule has 0 aromatic carbocycles. The molecule has 3 atom stereocenters. The molecular formula is C19H30O. The van der Waals surface area contributed by atoms with Gasteiger partial charge in [-0.2, -0.15) is 0 Å². The van der Waals surface area contributed by atoms with Crippen molar-refractivity contribution < 1.29 is 4.79 Å². The molecule has 4 aliphatic rings. The lowest BCUT2D eigenvalue weighted by molar-refractivity contribution is -0.126. The second kappa shape index (κ2) is 4.11. The summed E-state index contributed by atoms with van der Waals surface area (Å²) in [4.78, 5) is 12.9. The van der Waals surface area contributed by atoms with Crippen LogP contribution in [0.25, 0.3) is 0 Å². The van der Waals surface area contributed by atoms with Crippen LogP contribution in [0.1, 0.15) is 72.1 Å². The van der Waals surface area contributed by atoms with E-state index in [4.69, 9.17) is 0 Å². The molecule has 20 heavy (non-hydrogen) atoms. The number of carbonyl (C=O) groups excluding carboxylic acids is 1. The van der Waals surface area contributed by atoms with Crippen molar-refractivity contribution in [2.45, 2.75) is 72.1 Å². The Labute approximate surface area is 123 Å². The Balaban J connectivity index is 1.49. The van der Waals surface area contributed by atoms with E-state index in [0.29, 0.717) is 28.4 Å². The minimum Gasteiger partial charge on any atom is -0.299 e. The third-order valence-electron chi connectivity index (χ3n) is 8.63. The number of ketones is 1. The summed E-state index contributed by atoms with van der Waals surface area (Å²) in [5.41, 5.74) is 0.900. The van der Waals surface area contributed by atoms with Gasteiger partial charge in [-0.25, -0.2) is 0 Å². The summed E-state index contributed by atoms with van der Waals surface area (Å²) in [6, 6.07) is 0. The zero-order valence-corrected chi connectivity index (χ0v) is 13.5. The van der Waals surface area contributed by atoms with Crippen LogP contribution in [-0.4, -0.2) is 5.78 Å². The van der Waals surface area contributed by atoms with Gasteiger partial charge in [-0.05, 0) is 79.4 Å². The summed E-state index contributed by atoms with van der Waals surface area (Å²) in [6.45, 7) is 7.42. The number of carbonyl (C=O) groups is 1. The minimum atomic E-state index is 0.435. The van der Waals surface area contributed by atoms with Crippen molar-refractivity contribution in [3.63, 3.8) is 0 Å². The van der Waals surface area contributed by atoms with Crippen LogP contribution in [0.2, 0.25) is 0 Å². The van der Waals surface area contributed by atoms with Gasteiger partial charge < -0.3 is 0 Å². The van der Waals surface area contributed by atoms with Gasteiger partial charge in [0.05, 0.1) is 0 Å². The van der Waals surface area contributed by atoms with Crippen LogP contribution < -0.4 is 0 Å². The first kappa shape index (κ1) is 13.3. The summed E-state index contributed by atoms with van der Waals surface area (Å²) < 4.78 is 0.